The van der Waals surface area contributed by atoms with Crippen molar-refractivity contribution in [2.75, 3.05) is 32.1 Å². The predicted molar refractivity (Wildman–Crippen MR) is 66.0 cm³/mol. The van der Waals surface area contributed by atoms with E-state index < -0.39 is 27.9 Å². The van der Waals surface area contributed by atoms with Gasteiger partial charge in [-0.3, -0.25) is 9.59 Å². The maximum Gasteiger partial charge on any atom is 0.325 e. The van der Waals surface area contributed by atoms with Gasteiger partial charge in [0.2, 0.25) is 15.9 Å². The number of morpholine rings is 1. The molecule has 1 atom stereocenters. The molecule has 1 rings (SSSR count). The van der Waals surface area contributed by atoms with Gasteiger partial charge in [0, 0.05) is 19.5 Å². The van der Waals surface area contributed by atoms with Gasteiger partial charge < -0.3 is 15.2 Å². The van der Waals surface area contributed by atoms with Crippen LogP contribution in [0, 0.1) is 0 Å². The summed E-state index contributed by atoms with van der Waals surface area (Å²) in [6.45, 7) is 2.59. The zero-order chi connectivity index (χ0) is 14.5. The van der Waals surface area contributed by atoms with Crippen molar-refractivity contribution in [3.8, 4) is 0 Å². The van der Waals surface area contributed by atoms with Crippen LogP contribution in [-0.2, 0) is 24.3 Å². The standard InChI is InChI=1S/C10H18N2O6S/c1-8(10(14)15)11-9(13)2-7-19(16,17)12-3-5-18-6-4-12/h8H,2-7H2,1H3,(H,11,13)(H,14,15)/t8-/m1/s1. The first-order valence-corrected chi connectivity index (χ1v) is 7.51. The first-order chi connectivity index (χ1) is 8.83. The molecular formula is C10H18N2O6S. The van der Waals surface area contributed by atoms with Gasteiger partial charge in [0.25, 0.3) is 0 Å². The number of hydrogen-bond acceptors (Lipinski definition) is 5. The Balaban J connectivity index is 2.42. The fraction of sp³-hybridized carbons (Fsp3) is 0.800. The molecule has 110 valence electrons. The molecule has 0 aliphatic carbocycles. The Bertz CT molecular complexity index is 429. The molecule has 1 amide bonds. The first kappa shape index (κ1) is 15.9. The summed E-state index contributed by atoms with van der Waals surface area (Å²) in [6, 6.07) is -1.03. The summed E-state index contributed by atoms with van der Waals surface area (Å²) in [5, 5.41) is 10.8. The summed E-state index contributed by atoms with van der Waals surface area (Å²) in [5.74, 6) is -2.08. The molecule has 0 aromatic carbocycles. The number of nitrogens with zero attached hydrogens (tertiary/aromatic N) is 1. The van der Waals surface area contributed by atoms with E-state index in [2.05, 4.69) is 5.32 Å². The third-order valence-corrected chi connectivity index (χ3v) is 4.57. The minimum atomic E-state index is -3.49. The summed E-state index contributed by atoms with van der Waals surface area (Å²) in [4.78, 5) is 21.9. The number of carboxylic acid groups (broad SMARTS) is 1. The third-order valence-electron chi connectivity index (χ3n) is 2.70. The van der Waals surface area contributed by atoms with Crippen LogP contribution < -0.4 is 5.32 Å². The van der Waals surface area contributed by atoms with Gasteiger partial charge in [-0.25, -0.2) is 8.42 Å². The highest BCUT2D eigenvalue weighted by Crippen LogP contribution is 2.06. The predicted octanol–water partition coefficient (Wildman–Crippen LogP) is -1.37. The van der Waals surface area contributed by atoms with Crippen LogP contribution in [0.5, 0.6) is 0 Å². The Morgan fingerprint density at radius 2 is 1.95 bits per heavy atom. The van der Waals surface area contributed by atoms with E-state index in [-0.39, 0.29) is 25.3 Å². The van der Waals surface area contributed by atoms with E-state index in [0.29, 0.717) is 13.2 Å². The number of rotatable bonds is 6. The maximum atomic E-state index is 11.9. The molecule has 8 nitrogen and oxygen atoms in total. The van der Waals surface area contributed by atoms with Gasteiger partial charge >= 0.3 is 5.97 Å². The summed E-state index contributed by atoms with van der Waals surface area (Å²) in [7, 11) is -3.49. The highest BCUT2D eigenvalue weighted by Gasteiger charge is 2.25. The SMILES string of the molecule is C[C@@H](NC(=O)CCS(=O)(=O)N1CCOCC1)C(=O)O. The Morgan fingerprint density at radius 3 is 2.47 bits per heavy atom. The molecule has 0 bridgehead atoms. The van der Waals surface area contributed by atoms with Crippen molar-refractivity contribution in [2.45, 2.75) is 19.4 Å². The van der Waals surface area contributed by atoms with E-state index in [1.54, 1.807) is 0 Å². The maximum absolute atomic E-state index is 11.9. The second-order valence-electron chi connectivity index (χ2n) is 4.20. The molecule has 0 saturated carbocycles. The van der Waals surface area contributed by atoms with Crippen molar-refractivity contribution in [1.82, 2.24) is 9.62 Å². The minimum Gasteiger partial charge on any atom is -0.480 e. The van der Waals surface area contributed by atoms with E-state index in [1.165, 1.54) is 11.2 Å². The quantitative estimate of drug-likeness (QED) is 0.625. The van der Waals surface area contributed by atoms with Gasteiger partial charge in [0.05, 0.1) is 19.0 Å². The number of carbonyl (C=O) groups is 2. The molecule has 9 heteroatoms. The van der Waals surface area contributed by atoms with E-state index in [9.17, 15) is 18.0 Å². The molecule has 0 radical (unpaired) electrons. The summed E-state index contributed by atoms with van der Waals surface area (Å²) in [6.07, 6.45) is -0.253. The topological polar surface area (TPSA) is 113 Å². The van der Waals surface area contributed by atoms with Crippen molar-refractivity contribution in [3.05, 3.63) is 0 Å². The molecule has 1 saturated heterocycles. The van der Waals surface area contributed by atoms with Crippen LogP contribution in [-0.4, -0.2) is 67.8 Å². The molecule has 0 aromatic heterocycles. The van der Waals surface area contributed by atoms with E-state index >= 15 is 0 Å². The molecule has 1 aliphatic rings. The Hall–Kier alpha value is -1.19. The normalized spacial score (nSPS) is 18.8. The summed E-state index contributed by atoms with van der Waals surface area (Å²) in [5.41, 5.74) is 0. The van der Waals surface area contributed by atoms with Crippen LogP contribution in [0.25, 0.3) is 0 Å². The van der Waals surface area contributed by atoms with Crippen molar-refractivity contribution in [3.63, 3.8) is 0 Å². The lowest BCUT2D eigenvalue weighted by Gasteiger charge is -2.25. The number of carboxylic acids is 1. The highest BCUT2D eigenvalue weighted by molar-refractivity contribution is 7.89. The molecule has 0 spiro atoms. The molecule has 2 N–H and O–H groups in total. The van der Waals surface area contributed by atoms with Crippen LogP contribution in [0.4, 0.5) is 0 Å². The van der Waals surface area contributed by atoms with Crippen molar-refractivity contribution in [1.29, 1.82) is 0 Å². The number of carbonyl (C=O) groups excluding carboxylic acids is 1. The fourth-order valence-electron chi connectivity index (χ4n) is 1.55. The van der Waals surface area contributed by atoms with Gasteiger partial charge in [-0.2, -0.15) is 4.31 Å². The minimum absolute atomic E-state index is 0.253. The molecule has 1 heterocycles. The largest absolute Gasteiger partial charge is 0.480 e. The van der Waals surface area contributed by atoms with Crippen LogP contribution >= 0.6 is 0 Å². The first-order valence-electron chi connectivity index (χ1n) is 5.90. The van der Waals surface area contributed by atoms with Crippen LogP contribution in [0.1, 0.15) is 13.3 Å². The number of aliphatic carboxylic acids is 1. The Morgan fingerprint density at radius 1 is 1.37 bits per heavy atom. The van der Waals surface area contributed by atoms with Gasteiger partial charge in [0.15, 0.2) is 0 Å². The van der Waals surface area contributed by atoms with Gasteiger partial charge in [-0.05, 0) is 6.92 Å². The Labute approximate surface area is 111 Å². The van der Waals surface area contributed by atoms with E-state index in [0.717, 1.165) is 0 Å². The number of nitrogens with one attached hydrogen (secondary N) is 1. The van der Waals surface area contributed by atoms with Crippen LogP contribution in [0.15, 0.2) is 0 Å². The lowest BCUT2D eigenvalue weighted by atomic mass is 10.3. The van der Waals surface area contributed by atoms with Gasteiger partial charge in [-0.1, -0.05) is 0 Å². The molecule has 1 aliphatic heterocycles. The smallest absolute Gasteiger partial charge is 0.325 e. The van der Waals surface area contributed by atoms with Crippen molar-refractivity contribution in [2.24, 2.45) is 0 Å². The van der Waals surface area contributed by atoms with E-state index in [4.69, 9.17) is 9.84 Å². The monoisotopic (exact) mass is 294 g/mol. The van der Waals surface area contributed by atoms with Crippen molar-refractivity contribution >= 4 is 21.9 Å². The second kappa shape index (κ2) is 6.83. The Kier molecular flexibility index (Phi) is 5.70. The average Bonchev–Trinajstić information content (AvgIpc) is 2.37. The van der Waals surface area contributed by atoms with E-state index in [1.807, 2.05) is 0 Å². The number of amides is 1. The highest BCUT2D eigenvalue weighted by atomic mass is 32.2. The van der Waals surface area contributed by atoms with Gasteiger partial charge in [0.1, 0.15) is 6.04 Å². The number of hydrogen-bond donors (Lipinski definition) is 2. The van der Waals surface area contributed by atoms with Crippen molar-refractivity contribution < 1.29 is 27.9 Å². The lowest BCUT2D eigenvalue weighted by molar-refractivity contribution is -0.141. The molecule has 0 unspecified atom stereocenters. The molecular weight excluding hydrogens is 276 g/mol. The number of sulfonamides is 1. The zero-order valence-electron chi connectivity index (χ0n) is 10.7. The average molecular weight is 294 g/mol. The summed E-state index contributed by atoms with van der Waals surface area (Å²) < 4.78 is 30.1. The van der Waals surface area contributed by atoms with Crippen LogP contribution in [0.3, 0.4) is 0 Å². The fourth-order valence-corrected chi connectivity index (χ4v) is 2.96. The van der Waals surface area contributed by atoms with Gasteiger partial charge in [-0.15, -0.1) is 0 Å². The molecule has 1 fully saturated rings. The second-order valence-corrected chi connectivity index (χ2v) is 6.29. The summed E-state index contributed by atoms with van der Waals surface area (Å²) >= 11 is 0. The van der Waals surface area contributed by atoms with Crippen LogP contribution in [0.2, 0.25) is 0 Å². The lowest BCUT2D eigenvalue weighted by Crippen LogP contribution is -2.43. The third kappa shape index (κ3) is 5.13. The molecule has 0 aromatic rings. The number of ether oxygens (including phenoxy) is 1. The molecule has 19 heavy (non-hydrogen) atoms. The zero-order valence-corrected chi connectivity index (χ0v) is 11.5.